The smallest absolute Gasteiger partial charge is 0.242 e. The van der Waals surface area contributed by atoms with Crippen LogP contribution in [-0.4, -0.2) is 30.3 Å². The van der Waals surface area contributed by atoms with Crippen LogP contribution in [0.15, 0.2) is 24.3 Å². The summed E-state index contributed by atoms with van der Waals surface area (Å²) in [7, 11) is 1.77. The number of hydrogen-bond donors (Lipinski definition) is 1. The molecule has 1 aliphatic rings. The van der Waals surface area contributed by atoms with Crippen molar-refractivity contribution in [3.8, 4) is 0 Å². The van der Waals surface area contributed by atoms with Crippen molar-refractivity contribution in [3.05, 3.63) is 35.4 Å². The van der Waals surface area contributed by atoms with Gasteiger partial charge in [0.2, 0.25) is 11.8 Å². The van der Waals surface area contributed by atoms with Gasteiger partial charge in [-0.3, -0.25) is 9.59 Å². The van der Waals surface area contributed by atoms with Crippen LogP contribution in [0.4, 0.5) is 0 Å². The first-order valence-electron chi connectivity index (χ1n) is 8.13. The number of nitrogens with one attached hydrogen (secondary N) is 1. The summed E-state index contributed by atoms with van der Waals surface area (Å²) in [5, 5.41) is 2.80. The van der Waals surface area contributed by atoms with E-state index < -0.39 is 0 Å². The Morgan fingerprint density at radius 1 is 1.14 bits per heavy atom. The van der Waals surface area contributed by atoms with Gasteiger partial charge in [0.25, 0.3) is 0 Å². The van der Waals surface area contributed by atoms with Gasteiger partial charge >= 0.3 is 0 Å². The van der Waals surface area contributed by atoms with E-state index in [1.54, 1.807) is 11.9 Å². The number of benzene rings is 1. The van der Waals surface area contributed by atoms with E-state index in [0.29, 0.717) is 6.54 Å². The average Bonchev–Trinajstić information content (AvgIpc) is 2.55. The molecule has 0 bridgehead atoms. The number of carbonyl (C=O) groups excluding carboxylic acids is 2. The Kier molecular flexibility index (Phi) is 5.99. The van der Waals surface area contributed by atoms with Crippen molar-refractivity contribution in [1.82, 2.24) is 10.2 Å². The van der Waals surface area contributed by atoms with Gasteiger partial charge in [0.15, 0.2) is 0 Å². The summed E-state index contributed by atoms with van der Waals surface area (Å²) in [6, 6.07) is 8.14. The predicted octanol–water partition coefficient (Wildman–Crippen LogP) is 2.65. The molecule has 0 spiro atoms. The molecule has 1 N–H and O–H groups in total. The van der Waals surface area contributed by atoms with E-state index >= 15 is 0 Å². The fraction of sp³-hybridized carbons (Fsp3) is 0.556. The van der Waals surface area contributed by atoms with Crippen LogP contribution in [-0.2, 0) is 16.1 Å². The predicted molar refractivity (Wildman–Crippen MR) is 87.2 cm³/mol. The van der Waals surface area contributed by atoms with E-state index in [0.717, 1.165) is 31.2 Å². The van der Waals surface area contributed by atoms with Gasteiger partial charge in [-0.25, -0.2) is 0 Å². The van der Waals surface area contributed by atoms with Gasteiger partial charge < -0.3 is 10.2 Å². The van der Waals surface area contributed by atoms with Gasteiger partial charge in [-0.2, -0.15) is 0 Å². The molecule has 0 aromatic heterocycles. The van der Waals surface area contributed by atoms with E-state index in [9.17, 15) is 9.59 Å². The maximum Gasteiger partial charge on any atom is 0.242 e. The van der Waals surface area contributed by atoms with Crippen molar-refractivity contribution in [2.75, 3.05) is 13.6 Å². The Morgan fingerprint density at radius 2 is 1.77 bits per heavy atom. The summed E-state index contributed by atoms with van der Waals surface area (Å²) in [6.45, 7) is 2.70. The van der Waals surface area contributed by atoms with Crippen LogP contribution in [0.1, 0.15) is 43.2 Å². The standard InChI is InChI=1S/C18H26N2O2/c1-14-8-10-15(11-9-14)13-20(2)17(21)12-19-18(22)16-6-4-3-5-7-16/h8-11,16H,3-7,12-13H2,1-2H3,(H,19,22). The second-order valence-electron chi connectivity index (χ2n) is 6.29. The van der Waals surface area contributed by atoms with Crippen LogP contribution in [0.2, 0.25) is 0 Å². The first-order valence-corrected chi connectivity index (χ1v) is 8.13. The first-order chi connectivity index (χ1) is 10.6. The minimum atomic E-state index is -0.0512. The number of nitrogens with zero attached hydrogens (tertiary/aromatic N) is 1. The summed E-state index contributed by atoms with van der Waals surface area (Å²) >= 11 is 0. The molecule has 0 heterocycles. The zero-order chi connectivity index (χ0) is 15.9. The SMILES string of the molecule is Cc1ccc(CN(C)C(=O)CNC(=O)C2CCCCC2)cc1. The Balaban J connectivity index is 1.76. The lowest BCUT2D eigenvalue weighted by atomic mass is 9.89. The quantitative estimate of drug-likeness (QED) is 0.909. The first kappa shape index (κ1) is 16.5. The highest BCUT2D eigenvalue weighted by molar-refractivity contribution is 5.85. The molecule has 1 fully saturated rings. The van der Waals surface area contributed by atoms with Crippen molar-refractivity contribution in [1.29, 1.82) is 0 Å². The van der Waals surface area contributed by atoms with E-state index in [1.807, 2.05) is 31.2 Å². The minimum Gasteiger partial charge on any atom is -0.347 e. The lowest BCUT2D eigenvalue weighted by molar-refractivity contribution is -0.133. The number of aryl methyl sites for hydroxylation is 1. The maximum atomic E-state index is 12.1. The highest BCUT2D eigenvalue weighted by atomic mass is 16.2. The van der Waals surface area contributed by atoms with Crippen molar-refractivity contribution in [2.45, 2.75) is 45.6 Å². The molecular formula is C18H26N2O2. The van der Waals surface area contributed by atoms with Crippen molar-refractivity contribution in [3.63, 3.8) is 0 Å². The molecule has 4 nitrogen and oxygen atoms in total. The summed E-state index contributed by atoms with van der Waals surface area (Å²) in [5.41, 5.74) is 2.30. The number of likely N-dealkylation sites (N-methyl/N-ethyl adjacent to an activating group) is 1. The second-order valence-corrected chi connectivity index (χ2v) is 6.29. The van der Waals surface area contributed by atoms with Gasteiger partial charge in [-0.05, 0) is 25.3 Å². The van der Waals surface area contributed by atoms with Crippen LogP contribution < -0.4 is 5.32 Å². The topological polar surface area (TPSA) is 49.4 Å². The third kappa shape index (κ3) is 4.86. The molecule has 2 amide bonds. The molecule has 120 valence electrons. The maximum absolute atomic E-state index is 12.1. The third-order valence-corrected chi connectivity index (χ3v) is 4.36. The number of rotatable bonds is 5. The van der Waals surface area contributed by atoms with E-state index in [2.05, 4.69) is 5.32 Å². The van der Waals surface area contributed by atoms with Gasteiger partial charge in [0.1, 0.15) is 0 Å². The molecule has 0 aliphatic heterocycles. The number of amides is 2. The van der Waals surface area contributed by atoms with Crippen molar-refractivity contribution < 1.29 is 9.59 Å². The van der Waals surface area contributed by atoms with Gasteiger partial charge in [-0.15, -0.1) is 0 Å². The van der Waals surface area contributed by atoms with Gasteiger partial charge in [0, 0.05) is 19.5 Å². The zero-order valence-corrected chi connectivity index (χ0v) is 13.6. The van der Waals surface area contributed by atoms with Crippen LogP contribution in [0, 0.1) is 12.8 Å². The second kappa shape index (κ2) is 7.97. The molecule has 0 atom stereocenters. The molecule has 2 rings (SSSR count). The Hall–Kier alpha value is -1.84. The van der Waals surface area contributed by atoms with Crippen molar-refractivity contribution in [2.24, 2.45) is 5.92 Å². The lowest BCUT2D eigenvalue weighted by Gasteiger charge is -2.22. The molecule has 1 saturated carbocycles. The van der Waals surface area contributed by atoms with E-state index in [-0.39, 0.29) is 24.3 Å². The normalized spacial score (nSPS) is 15.4. The van der Waals surface area contributed by atoms with Gasteiger partial charge in [-0.1, -0.05) is 49.1 Å². The molecule has 1 aromatic carbocycles. The van der Waals surface area contributed by atoms with Crippen molar-refractivity contribution >= 4 is 11.8 Å². The highest BCUT2D eigenvalue weighted by Gasteiger charge is 2.21. The van der Waals surface area contributed by atoms with E-state index in [1.165, 1.54) is 12.0 Å². The minimum absolute atomic E-state index is 0.0387. The Labute approximate surface area is 132 Å². The van der Waals surface area contributed by atoms with Crippen LogP contribution in [0.5, 0.6) is 0 Å². The van der Waals surface area contributed by atoms with E-state index in [4.69, 9.17) is 0 Å². The largest absolute Gasteiger partial charge is 0.347 e. The molecule has 0 radical (unpaired) electrons. The fourth-order valence-electron chi connectivity index (χ4n) is 2.86. The molecule has 0 saturated heterocycles. The van der Waals surface area contributed by atoms with Crippen LogP contribution >= 0.6 is 0 Å². The molecule has 0 unspecified atom stereocenters. The molecular weight excluding hydrogens is 276 g/mol. The summed E-state index contributed by atoms with van der Waals surface area (Å²) in [6.07, 6.45) is 5.39. The molecule has 1 aliphatic carbocycles. The lowest BCUT2D eigenvalue weighted by Crippen LogP contribution is -2.40. The third-order valence-electron chi connectivity index (χ3n) is 4.36. The average molecular weight is 302 g/mol. The Bertz CT molecular complexity index is 504. The van der Waals surface area contributed by atoms with Gasteiger partial charge in [0.05, 0.1) is 6.54 Å². The number of hydrogen-bond acceptors (Lipinski definition) is 2. The molecule has 22 heavy (non-hydrogen) atoms. The van der Waals surface area contributed by atoms with Crippen LogP contribution in [0.25, 0.3) is 0 Å². The number of carbonyl (C=O) groups is 2. The molecule has 4 heteroatoms. The summed E-state index contributed by atoms with van der Waals surface area (Å²) in [5.74, 6) is 0.0884. The van der Waals surface area contributed by atoms with Crippen LogP contribution in [0.3, 0.4) is 0 Å². The molecule has 1 aromatic rings. The summed E-state index contributed by atoms with van der Waals surface area (Å²) in [4.78, 5) is 25.8. The summed E-state index contributed by atoms with van der Waals surface area (Å²) < 4.78 is 0. The fourth-order valence-corrected chi connectivity index (χ4v) is 2.86. The monoisotopic (exact) mass is 302 g/mol. The Morgan fingerprint density at radius 3 is 2.41 bits per heavy atom. The zero-order valence-electron chi connectivity index (χ0n) is 13.6. The highest BCUT2D eigenvalue weighted by Crippen LogP contribution is 2.23.